The lowest BCUT2D eigenvalue weighted by Crippen LogP contribution is -2.30. The van der Waals surface area contributed by atoms with Crippen molar-refractivity contribution in [3.05, 3.63) is 120 Å². The van der Waals surface area contributed by atoms with Crippen LogP contribution < -0.4 is 5.32 Å². The summed E-state index contributed by atoms with van der Waals surface area (Å²) >= 11 is 0. The van der Waals surface area contributed by atoms with Crippen molar-refractivity contribution in [3.8, 4) is 6.07 Å². The molecular formula is C28H24FN5O2. The Labute approximate surface area is 208 Å². The van der Waals surface area contributed by atoms with Gasteiger partial charge in [0, 0.05) is 49.7 Å². The number of rotatable bonds is 9. The average Bonchev–Trinajstić information content (AvgIpc) is 3.41. The molecule has 36 heavy (non-hydrogen) atoms. The van der Waals surface area contributed by atoms with Crippen molar-refractivity contribution < 1.29 is 14.0 Å². The molecule has 1 aromatic heterocycles. The summed E-state index contributed by atoms with van der Waals surface area (Å²) in [6.07, 6.45) is 5.35. The van der Waals surface area contributed by atoms with E-state index < -0.39 is 0 Å². The number of halogens is 1. The molecule has 7 nitrogen and oxygen atoms in total. The smallest absolute Gasteiger partial charge is 0.254 e. The molecule has 4 rings (SSSR count). The maximum absolute atomic E-state index is 13.8. The molecule has 1 N–H and O–H groups in total. The van der Waals surface area contributed by atoms with E-state index in [2.05, 4.69) is 16.4 Å². The van der Waals surface area contributed by atoms with Gasteiger partial charge >= 0.3 is 0 Å². The van der Waals surface area contributed by atoms with Gasteiger partial charge in [-0.25, -0.2) is 9.37 Å². The first kappa shape index (κ1) is 24.4. The van der Waals surface area contributed by atoms with E-state index in [-0.39, 0.29) is 37.1 Å². The summed E-state index contributed by atoms with van der Waals surface area (Å²) in [5.74, 6) is -0.820. The van der Waals surface area contributed by atoms with Gasteiger partial charge < -0.3 is 14.8 Å². The molecule has 3 aromatic carbocycles. The highest BCUT2D eigenvalue weighted by molar-refractivity contribution is 5.97. The molecule has 0 saturated carbocycles. The number of nitriles is 1. The second-order valence-corrected chi connectivity index (χ2v) is 8.28. The first-order valence-electron chi connectivity index (χ1n) is 11.4. The highest BCUT2D eigenvalue weighted by atomic mass is 19.1. The van der Waals surface area contributed by atoms with E-state index in [1.54, 1.807) is 84.3 Å². The van der Waals surface area contributed by atoms with Crippen molar-refractivity contribution in [3.63, 3.8) is 0 Å². The summed E-state index contributed by atoms with van der Waals surface area (Å²) < 4.78 is 15.6. The van der Waals surface area contributed by atoms with Crippen molar-refractivity contribution in [1.29, 1.82) is 5.26 Å². The Balaban J connectivity index is 1.51. The molecule has 1 heterocycles. The lowest BCUT2D eigenvalue weighted by molar-refractivity contribution is -0.116. The van der Waals surface area contributed by atoms with Crippen LogP contribution in [0.3, 0.4) is 0 Å². The first-order valence-corrected chi connectivity index (χ1v) is 11.4. The molecular weight excluding hydrogens is 457 g/mol. The van der Waals surface area contributed by atoms with Crippen LogP contribution in [-0.4, -0.2) is 26.3 Å². The molecule has 0 saturated heterocycles. The van der Waals surface area contributed by atoms with Gasteiger partial charge in [0.25, 0.3) is 5.91 Å². The van der Waals surface area contributed by atoms with E-state index in [0.717, 1.165) is 5.56 Å². The number of carbonyl (C=O) groups excluding carboxylic acids is 2. The maximum atomic E-state index is 13.8. The van der Waals surface area contributed by atoms with Crippen LogP contribution in [0.25, 0.3) is 0 Å². The molecule has 0 aliphatic heterocycles. The van der Waals surface area contributed by atoms with Gasteiger partial charge in [0.1, 0.15) is 5.82 Å². The normalized spacial score (nSPS) is 10.4. The van der Waals surface area contributed by atoms with Crippen molar-refractivity contribution in [2.45, 2.75) is 26.1 Å². The van der Waals surface area contributed by atoms with Crippen LogP contribution in [0, 0.1) is 17.1 Å². The summed E-state index contributed by atoms with van der Waals surface area (Å²) in [5, 5.41) is 11.9. The zero-order chi connectivity index (χ0) is 25.3. The fourth-order valence-electron chi connectivity index (χ4n) is 3.75. The molecule has 0 unspecified atom stereocenters. The third-order valence-corrected chi connectivity index (χ3v) is 5.56. The number of carbonyl (C=O) groups is 2. The number of aryl methyl sites for hydroxylation is 1. The van der Waals surface area contributed by atoms with Gasteiger partial charge in [-0.05, 0) is 53.6 Å². The molecule has 0 aliphatic rings. The predicted octanol–water partition coefficient (Wildman–Crippen LogP) is 4.77. The number of hydrogen-bond donors (Lipinski definition) is 1. The second kappa shape index (κ2) is 11.6. The van der Waals surface area contributed by atoms with Crippen LogP contribution in [0.2, 0.25) is 0 Å². The van der Waals surface area contributed by atoms with Gasteiger partial charge in [-0.1, -0.05) is 30.3 Å². The minimum Gasteiger partial charge on any atom is -0.337 e. The van der Waals surface area contributed by atoms with Crippen LogP contribution in [0.5, 0.6) is 0 Å². The van der Waals surface area contributed by atoms with Crippen LogP contribution in [0.1, 0.15) is 33.5 Å². The average molecular weight is 482 g/mol. The van der Waals surface area contributed by atoms with Crippen molar-refractivity contribution in [1.82, 2.24) is 14.5 Å². The Morgan fingerprint density at radius 3 is 2.50 bits per heavy atom. The van der Waals surface area contributed by atoms with Crippen molar-refractivity contribution >= 4 is 17.5 Å². The highest BCUT2D eigenvalue weighted by Gasteiger charge is 2.18. The van der Waals surface area contributed by atoms with Crippen molar-refractivity contribution in [2.75, 3.05) is 5.32 Å². The molecule has 4 aromatic rings. The van der Waals surface area contributed by atoms with Gasteiger partial charge in [0.05, 0.1) is 18.0 Å². The Hall–Kier alpha value is -4.77. The number of hydrogen-bond acceptors (Lipinski definition) is 4. The fraction of sp³-hybridized carbons (Fsp3) is 0.143. The third kappa shape index (κ3) is 6.64. The number of imidazole rings is 1. The lowest BCUT2D eigenvalue weighted by atomic mass is 10.1. The highest BCUT2D eigenvalue weighted by Crippen LogP contribution is 2.18. The van der Waals surface area contributed by atoms with Gasteiger partial charge in [-0.2, -0.15) is 5.26 Å². The number of benzene rings is 3. The molecule has 180 valence electrons. The Kier molecular flexibility index (Phi) is 7.83. The molecule has 2 amide bonds. The molecule has 8 heteroatoms. The van der Waals surface area contributed by atoms with Gasteiger partial charge in [-0.15, -0.1) is 0 Å². The molecule has 0 fully saturated rings. The first-order chi connectivity index (χ1) is 17.5. The molecule has 0 radical (unpaired) electrons. The van der Waals surface area contributed by atoms with E-state index in [1.807, 2.05) is 4.57 Å². The molecule has 0 bridgehead atoms. The number of anilines is 1. The summed E-state index contributed by atoms with van der Waals surface area (Å²) in [6.45, 7) is 0.955. The standard InChI is InChI=1S/C28H24FN5O2/c29-25-5-1-3-23(15-25)19-34(18-22-9-7-21(17-30)8-10-22)28(36)24-4-2-6-26(16-24)32-27(35)11-13-33-14-12-31-20-33/h1-10,12,14-16,20H,11,13,18-19H2,(H,32,35). The number of nitrogens with zero attached hydrogens (tertiary/aromatic N) is 4. The zero-order valence-electron chi connectivity index (χ0n) is 19.5. The molecule has 0 spiro atoms. The van der Waals surface area contributed by atoms with Crippen LogP contribution >= 0.6 is 0 Å². The number of amides is 2. The summed E-state index contributed by atoms with van der Waals surface area (Å²) in [4.78, 5) is 31.5. The topological polar surface area (TPSA) is 91.0 Å². The van der Waals surface area contributed by atoms with Crippen LogP contribution in [0.15, 0.2) is 91.5 Å². The van der Waals surface area contributed by atoms with E-state index in [9.17, 15) is 14.0 Å². The summed E-state index contributed by atoms with van der Waals surface area (Å²) in [5.41, 5.74) is 2.93. The largest absolute Gasteiger partial charge is 0.337 e. The van der Waals surface area contributed by atoms with Gasteiger partial charge in [-0.3, -0.25) is 9.59 Å². The Morgan fingerprint density at radius 2 is 1.78 bits per heavy atom. The maximum Gasteiger partial charge on any atom is 0.254 e. The van der Waals surface area contributed by atoms with Gasteiger partial charge in [0.15, 0.2) is 0 Å². The van der Waals surface area contributed by atoms with Crippen LogP contribution in [0.4, 0.5) is 10.1 Å². The zero-order valence-corrected chi connectivity index (χ0v) is 19.5. The SMILES string of the molecule is N#Cc1ccc(CN(Cc2cccc(F)c2)C(=O)c2cccc(NC(=O)CCn3ccnc3)c2)cc1. The van der Waals surface area contributed by atoms with Crippen molar-refractivity contribution in [2.24, 2.45) is 0 Å². The third-order valence-electron chi connectivity index (χ3n) is 5.56. The minimum atomic E-state index is -0.376. The van der Waals surface area contributed by atoms with E-state index in [1.165, 1.54) is 12.1 Å². The summed E-state index contributed by atoms with van der Waals surface area (Å²) in [6, 6.07) is 21.9. The van der Waals surface area contributed by atoms with E-state index >= 15 is 0 Å². The van der Waals surface area contributed by atoms with E-state index in [0.29, 0.717) is 28.9 Å². The predicted molar refractivity (Wildman–Crippen MR) is 133 cm³/mol. The lowest BCUT2D eigenvalue weighted by Gasteiger charge is -2.23. The quantitative estimate of drug-likeness (QED) is 0.373. The van der Waals surface area contributed by atoms with E-state index in [4.69, 9.17) is 5.26 Å². The Morgan fingerprint density at radius 1 is 1.00 bits per heavy atom. The second-order valence-electron chi connectivity index (χ2n) is 8.28. The number of nitrogens with one attached hydrogen (secondary N) is 1. The molecule has 0 aliphatic carbocycles. The fourth-order valence-corrected chi connectivity index (χ4v) is 3.75. The summed E-state index contributed by atoms with van der Waals surface area (Å²) in [7, 11) is 0. The van der Waals surface area contributed by atoms with Gasteiger partial charge in [0.2, 0.25) is 5.91 Å². The molecule has 0 atom stereocenters. The number of aromatic nitrogens is 2. The Bertz CT molecular complexity index is 1380. The monoisotopic (exact) mass is 481 g/mol. The minimum absolute atomic E-state index is 0.178. The van der Waals surface area contributed by atoms with Crippen LogP contribution in [-0.2, 0) is 24.4 Å².